The fourth-order valence-corrected chi connectivity index (χ4v) is 2.88. The van der Waals surface area contributed by atoms with Crippen LogP contribution in [-0.4, -0.2) is 42.1 Å². The van der Waals surface area contributed by atoms with Crippen molar-refractivity contribution < 1.29 is 4.74 Å². The fourth-order valence-electron chi connectivity index (χ4n) is 2.76. The first-order chi connectivity index (χ1) is 13.5. The molecular formula is C22H25ClN4O. The molecule has 0 saturated carbocycles. The van der Waals surface area contributed by atoms with E-state index < -0.39 is 0 Å². The number of hydrogen-bond acceptors (Lipinski definition) is 5. The van der Waals surface area contributed by atoms with Gasteiger partial charge in [0.05, 0.1) is 0 Å². The van der Waals surface area contributed by atoms with Crippen molar-refractivity contribution in [2.24, 2.45) is 0 Å². The number of aromatic nitrogens is 2. The summed E-state index contributed by atoms with van der Waals surface area (Å²) in [5.41, 5.74) is 2.20. The van der Waals surface area contributed by atoms with Gasteiger partial charge in [0.2, 0.25) is 5.88 Å². The van der Waals surface area contributed by atoms with Gasteiger partial charge in [-0.2, -0.15) is 0 Å². The molecule has 146 valence electrons. The van der Waals surface area contributed by atoms with Gasteiger partial charge >= 0.3 is 0 Å². The maximum Gasteiger partial charge on any atom is 0.224 e. The van der Waals surface area contributed by atoms with Crippen molar-refractivity contribution in [3.63, 3.8) is 0 Å². The number of ether oxygens (including phenoxy) is 1. The quantitative estimate of drug-likeness (QED) is 0.547. The lowest BCUT2D eigenvalue weighted by molar-refractivity contribution is 0.411. The maximum absolute atomic E-state index is 6.10. The summed E-state index contributed by atoms with van der Waals surface area (Å²) in [4.78, 5) is 13.1. The van der Waals surface area contributed by atoms with Crippen LogP contribution in [0.2, 0.25) is 5.02 Å². The third-order valence-corrected chi connectivity index (χ3v) is 4.76. The molecule has 0 aliphatic carbocycles. The molecule has 3 aromatic rings. The molecule has 0 radical (unpaired) electrons. The average molecular weight is 397 g/mol. The molecule has 5 nitrogen and oxygen atoms in total. The predicted molar refractivity (Wildman–Crippen MR) is 114 cm³/mol. The molecule has 0 aliphatic rings. The van der Waals surface area contributed by atoms with E-state index in [1.165, 1.54) is 5.56 Å². The smallest absolute Gasteiger partial charge is 0.224 e. The number of halogens is 1. The highest BCUT2D eigenvalue weighted by Gasteiger charge is 2.12. The van der Waals surface area contributed by atoms with Gasteiger partial charge in [-0.05, 0) is 50.3 Å². The molecule has 2 aromatic carbocycles. The highest BCUT2D eigenvalue weighted by molar-refractivity contribution is 6.31. The Labute approximate surface area is 171 Å². The Morgan fingerprint density at radius 1 is 0.964 bits per heavy atom. The van der Waals surface area contributed by atoms with E-state index in [9.17, 15) is 0 Å². The van der Waals surface area contributed by atoms with Gasteiger partial charge in [0.25, 0.3) is 0 Å². The SMILES string of the molecule is Cc1cc(Oc2cc(N(CCN(C)C)Cc3ccccc3)ncn2)ccc1Cl. The Bertz CT molecular complexity index is 902. The molecule has 0 atom stereocenters. The van der Waals surface area contributed by atoms with Gasteiger partial charge in [-0.1, -0.05) is 41.9 Å². The Morgan fingerprint density at radius 3 is 2.46 bits per heavy atom. The predicted octanol–water partition coefficient (Wildman–Crippen LogP) is 4.80. The number of nitrogens with zero attached hydrogens (tertiary/aromatic N) is 4. The minimum absolute atomic E-state index is 0.509. The number of hydrogen-bond donors (Lipinski definition) is 0. The molecule has 1 heterocycles. The normalized spacial score (nSPS) is 10.9. The summed E-state index contributed by atoms with van der Waals surface area (Å²) < 4.78 is 5.93. The van der Waals surface area contributed by atoms with Gasteiger partial charge in [-0.15, -0.1) is 0 Å². The molecule has 3 rings (SSSR count). The van der Waals surface area contributed by atoms with Crippen LogP contribution in [0.25, 0.3) is 0 Å². The minimum Gasteiger partial charge on any atom is -0.439 e. The first-order valence-corrected chi connectivity index (χ1v) is 9.59. The fraction of sp³-hybridized carbons (Fsp3) is 0.273. The molecule has 0 saturated heterocycles. The standard InChI is InChI=1S/C22H25ClN4O/c1-17-13-19(9-10-20(17)23)28-22-14-21(24-16-25-22)27(12-11-26(2)3)15-18-7-5-4-6-8-18/h4-10,13-14,16H,11-12,15H2,1-3H3. The van der Waals surface area contributed by atoms with Crippen molar-refractivity contribution in [2.45, 2.75) is 13.5 Å². The van der Waals surface area contributed by atoms with Gasteiger partial charge < -0.3 is 14.5 Å². The Hall–Kier alpha value is -2.63. The lowest BCUT2D eigenvalue weighted by Crippen LogP contribution is -2.32. The molecule has 0 fully saturated rings. The number of anilines is 1. The molecule has 0 N–H and O–H groups in total. The lowest BCUT2D eigenvalue weighted by Gasteiger charge is -2.25. The summed E-state index contributed by atoms with van der Waals surface area (Å²) in [7, 11) is 4.14. The third kappa shape index (κ3) is 5.68. The molecule has 1 aromatic heterocycles. The molecule has 0 aliphatic heterocycles. The van der Waals surface area contributed by atoms with Crippen molar-refractivity contribution in [1.82, 2.24) is 14.9 Å². The van der Waals surface area contributed by atoms with E-state index in [1.54, 1.807) is 6.33 Å². The summed E-state index contributed by atoms with van der Waals surface area (Å²) in [6.45, 7) is 4.48. The zero-order valence-corrected chi connectivity index (χ0v) is 17.2. The summed E-state index contributed by atoms with van der Waals surface area (Å²) >= 11 is 6.10. The number of benzene rings is 2. The van der Waals surface area contributed by atoms with Crippen molar-refractivity contribution in [3.05, 3.63) is 77.1 Å². The van der Waals surface area contributed by atoms with Crippen LogP contribution in [0.5, 0.6) is 11.6 Å². The number of likely N-dealkylation sites (N-methyl/N-ethyl adjacent to an activating group) is 1. The largest absolute Gasteiger partial charge is 0.439 e. The van der Waals surface area contributed by atoms with E-state index >= 15 is 0 Å². The van der Waals surface area contributed by atoms with E-state index in [0.717, 1.165) is 31.0 Å². The number of rotatable bonds is 8. The Kier molecular flexibility index (Phi) is 6.85. The van der Waals surface area contributed by atoms with Crippen molar-refractivity contribution >= 4 is 17.4 Å². The topological polar surface area (TPSA) is 41.5 Å². The first-order valence-electron chi connectivity index (χ1n) is 9.21. The highest BCUT2D eigenvalue weighted by atomic mass is 35.5. The summed E-state index contributed by atoms with van der Waals surface area (Å²) in [6, 6.07) is 17.8. The van der Waals surface area contributed by atoms with Crippen molar-refractivity contribution in [3.8, 4) is 11.6 Å². The molecule has 6 heteroatoms. The molecule has 0 spiro atoms. The van der Waals surface area contributed by atoms with Gasteiger partial charge in [0, 0.05) is 30.7 Å². The van der Waals surface area contributed by atoms with Crippen molar-refractivity contribution in [1.29, 1.82) is 0 Å². The lowest BCUT2D eigenvalue weighted by atomic mass is 10.2. The molecular weight excluding hydrogens is 372 g/mol. The second-order valence-electron chi connectivity index (χ2n) is 6.94. The minimum atomic E-state index is 0.509. The van der Waals surface area contributed by atoms with E-state index in [-0.39, 0.29) is 0 Å². The van der Waals surface area contributed by atoms with E-state index in [4.69, 9.17) is 16.3 Å². The second-order valence-corrected chi connectivity index (χ2v) is 7.35. The summed E-state index contributed by atoms with van der Waals surface area (Å²) in [6.07, 6.45) is 1.54. The van der Waals surface area contributed by atoms with Gasteiger partial charge in [0.15, 0.2) is 0 Å². The molecule has 0 amide bonds. The summed E-state index contributed by atoms with van der Waals surface area (Å²) in [5, 5.41) is 0.716. The highest BCUT2D eigenvalue weighted by Crippen LogP contribution is 2.26. The Balaban J connectivity index is 1.81. The Morgan fingerprint density at radius 2 is 1.75 bits per heavy atom. The van der Waals surface area contributed by atoms with E-state index in [0.29, 0.717) is 16.7 Å². The van der Waals surface area contributed by atoms with Crippen LogP contribution in [0.15, 0.2) is 60.9 Å². The zero-order chi connectivity index (χ0) is 19.9. The van der Waals surface area contributed by atoms with E-state index in [2.05, 4.69) is 58.1 Å². The van der Waals surface area contributed by atoms with Crippen LogP contribution >= 0.6 is 11.6 Å². The third-order valence-electron chi connectivity index (χ3n) is 4.34. The van der Waals surface area contributed by atoms with Crippen LogP contribution in [0.4, 0.5) is 5.82 Å². The maximum atomic E-state index is 6.10. The monoisotopic (exact) mass is 396 g/mol. The van der Waals surface area contributed by atoms with Crippen LogP contribution in [0.3, 0.4) is 0 Å². The molecule has 0 bridgehead atoms. The zero-order valence-electron chi connectivity index (χ0n) is 16.5. The first kappa shape index (κ1) is 20.1. The van der Waals surface area contributed by atoms with E-state index in [1.807, 2.05) is 37.3 Å². The summed E-state index contributed by atoms with van der Waals surface area (Å²) in [5.74, 6) is 2.05. The molecule has 28 heavy (non-hydrogen) atoms. The van der Waals surface area contributed by atoms with Gasteiger partial charge in [-0.25, -0.2) is 9.97 Å². The second kappa shape index (κ2) is 9.53. The number of aryl methyl sites for hydroxylation is 1. The molecule has 0 unspecified atom stereocenters. The van der Waals surface area contributed by atoms with Gasteiger partial charge in [0.1, 0.15) is 17.9 Å². The van der Waals surface area contributed by atoms with Crippen LogP contribution in [-0.2, 0) is 6.54 Å². The average Bonchev–Trinajstić information content (AvgIpc) is 2.69. The van der Waals surface area contributed by atoms with Crippen LogP contribution < -0.4 is 9.64 Å². The van der Waals surface area contributed by atoms with Gasteiger partial charge in [-0.3, -0.25) is 0 Å². The van der Waals surface area contributed by atoms with Crippen LogP contribution in [0, 0.1) is 6.92 Å². The van der Waals surface area contributed by atoms with Crippen molar-refractivity contribution in [2.75, 3.05) is 32.1 Å². The van der Waals surface area contributed by atoms with Crippen LogP contribution in [0.1, 0.15) is 11.1 Å².